The van der Waals surface area contributed by atoms with Crippen molar-refractivity contribution in [2.24, 2.45) is 0 Å². The van der Waals surface area contributed by atoms with Crippen LogP contribution in [0.1, 0.15) is 35.6 Å². The Balaban J connectivity index is 1.19. The lowest BCUT2D eigenvalue weighted by Gasteiger charge is -2.47. The number of ether oxygens (including phenoxy) is 1. The van der Waals surface area contributed by atoms with E-state index in [4.69, 9.17) is 46.1 Å². The number of rotatable bonds is 7. The van der Waals surface area contributed by atoms with E-state index in [1.165, 1.54) is 6.20 Å². The number of pyridine rings is 1. The second-order valence-electron chi connectivity index (χ2n) is 9.73. The van der Waals surface area contributed by atoms with Gasteiger partial charge in [-0.05, 0) is 49.1 Å². The molecular formula is C28H21Cl3FN5O2. The van der Waals surface area contributed by atoms with Gasteiger partial charge < -0.3 is 14.7 Å². The third kappa shape index (κ3) is 4.81. The zero-order valence-corrected chi connectivity index (χ0v) is 22.7. The molecule has 1 saturated heterocycles. The number of aliphatic hydroxyl groups is 1. The zero-order chi connectivity index (χ0) is 27.3. The fourth-order valence-electron chi connectivity index (χ4n) is 4.88. The van der Waals surface area contributed by atoms with Gasteiger partial charge in [-0.1, -0.05) is 46.9 Å². The van der Waals surface area contributed by atoms with Gasteiger partial charge >= 0.3 is 0 Å². The number of anilines is 1. The lowest BCUT2D eigenvalue weighted by Crippen LogP contribution is -2.60. The Morgan fingerprint density at radius 1 is 1.08 bits per heavy atom. The maximum absolute atomic E-state index is 14.4. The molecule has 0 atom stereocenters. The standard InChI is InChI=1S/C28H21Cl3FN5O2/c1-33-17-9-24(32)27(34-11-17)36-14-28(38,15-36)20-8-7-18(10-23(20)31)39-13-25-19(16-5-6-16)12-35-37(25)26-21(29)3-2-4-22(26)30/h2-4,7-12,16,38H,5-6,13-15H2. The lowest BCUT2D eigenvalue weighted by molar-refractivity contribution is 0.00673. The number of hydrogen-bond acceptors (Lipinski definition) is 5. The van der Waals surface area contributed by atoms with Gasteiger partial charge in [-0.25, -0.2) is 18.9 Å². The molecule has 4 aromatic rings. The number of halogens is 4. The molecule has 3 heterocycles. The molecule has 2 aliphatic rings. The van der Waals surface area contributed by atoms with Gasteiger partial charge in [0.1, 0.15) is 23.6 Å². The number of nitrogens with zero attached hydrogens (tertiary/aromatic N) is 5. The van der Waals surface area contributed by atoms with E-state index in [2.05, 4.69) is 14.9 Å². The monoisotopic (exact) mass is 583 g/mol. The van der Waals surface area contributed by atoms with Crippen molar-refractivity contribution in [1.29, 1.82) is 0 Å². The molecule has 0 amide bonds. The maximum atomic E-state index is 14.4. The van der Waals surface area contributed by atoms with Crippen molar-refractivity contribution in [3.8, 4) is 11.4 Å². The Morgan fingerprint density at radius 2 is 1.82 bits per heavy atom. The first-order valence-electron chi connectivity index (χ1n) is 12.2. The fourth-order valence-corrected chi connectivity index (χ4v) is 5.79. The van der Waals surface area contributed by atoms with Crippen LogP contribution in [0.15, 0.2) is 54.9 Å². The van der Waals surface area contributed by atoms with Crippen LogP contribution < -0.4 is 9.64 Å². The summed E-state index contributed by atoms with van der Waals surface area (Å²) < 4.78 is 22.2. The minimum atomic E-state index is -1.28. The first-order valence-corrected chi connectivity index (χ1v) is 13.3. The van der Waals surface area contributed by atoms with E-state index in [0.717, 1.165) is 30.2 Å². The van der Waals surface area contributed by atoms with Crippen LogP contribution in [-0.4, -0.2) is 33.0 Å². The minimum absolute atomic E-state index is 0.0878. The smallest absolute Gasteiger partial charge is 0.208 e. The van der Waals surface area contributed by atoms with E-state index >= 15 is 0 Å². The van der Waals surface area contributed by atoms with Crippen LogP contribution in [0.4, 0.5) is 15.9 Å². The molecule has 1 saturated carbocycles. The van der Waals surface area contributed by atoms with Crippen LogP contribution in [0, 0.1) is 12.4 Å². The van der Waals surface area contributed by atoms with Gasteiger partial charge in [0, 0.05) is 17.3 Å². The van der Waals surface area contributed by atoms with Crippen LogP contribution in [0.3, 0.4) is 0 Å². The Bertz CT molecular complexity index is 1610. The molecule has 0 radical (unpaired) electrons. The predicted molar refractivity (Wildman–Crippen MR) is 148 cm³/mol. The van der Waals surface area contributed by atoms with Crippen LogP contribution in [-0.2, 0) is 12.2 Å². The molecule has 39 heavy (non-hydrogen) atoms. The highest BCUT2D eigenvalue weighted by Crippen LogP contribution is 2.44. The second-order valence-corrected chi connectivity index (χ2v) is 11.0. The van der Waals surface area contributed by atoms with Crippen molar-refractivity contribution in [3.05, 3.63) is 104 Å². The number of aromatic nitrogens is 3. The Morgan fingerprint density at radius 3 is 2.46 bits per heavy atom. The molecule has 0 spiro atoms. The molecule has 2 fully saturated rings. The molecule has 0 unspecified atom stereocenters. The average molecular weight is 585 g/mol. The first-order chi connectivity index (χ1) is 18.8. The highest BCUT2D eigenvalue weighted by atomic mass is 35.5. The van der Waals surface area contributed by atoms with Crippen molar-refractivity contribution in [3.63, 3.8) is 0 Å². The quantitative estimate of drug-likeness (QED) is 0.235. The summed E-state index contributed by atoms with van der Waals surface area (Å²) in [6.07, 6.45) is 5.33. The average Bonchev–Trinajstić information content (AvgIpc) is 3.66. The minimum Gasteiger partial charge on any atom is -0.487 e. The lowest BCUT2D eigenvalue weighted by atomic mass is 9.86. The predicted octanol–water partition coefficient (Wildman–Crippen LogP) is 7.08. The van der Waals surface area contributed by atoms with Crippen molar-refractivity contribution in [2.45, 2.75) is 31.0 Å². The normalized spacial score (nSPS) is 16.1. The Hall–Kier alpha value is -3.35. The van der Waals surface area contributed by atoms with Gasteiger partial charge in [-0.3, -0.25) is 0 Å². The van der Waals surface area contributed by atoms with E-state index in [1.807, 2.05) is 6.20 Å². The van der Waals surface area contributed by atoms with E-state index in [1.54, 1.807) is 46.0 Å². The Labute approximate surface area is 239 Å². The Kier molecular flexibility index (Phi) is 6.64. The largest absolute Gasteiger partial charge is 0.487 e. The topological polar surface area (TPSA) is 67.8 Å². The van der Waals surface area contributed by atoms with E-state index in [9.17, 15) is 9.50 Å². The highest BCUT2D eigenvalue weighted by molar-refractivity contribution is 6.37. The third-order valence-corrected chi connectivity index (χ3v) is 7.95. The van der Waals surface area contributed by atoms with Crippen LogP contribution in [0.2, 0.25) is 15.1 Å². The molecule has 0 bridgehead atoms. The first kappa shape index (κ1) is 25.9. The van der Waals surface area contributed by atoms with Crippen molar-refractivity contribution in [2.75, 3.05) is 18.0 Å². The van der Waals surface area contributed by atoms with Crippen LogP contribution in [0.25, 0.3) is 10.5 Å². The van der Waals surface area contributed by atoms with Gasteiger partial charge in [0.15, 0.2) is 11.6 Å². The van der Waals surface area contributed by atoms with Crippen molar-refractivity contribution >= 4 is 46.3 Å². The highest BCUT2D eigenvalue weighted by Gasteiger charge is 2.45. The SMILES string of the molecule is [C-]#[N+]c1cnc(N2CC(O)(c3ccc(OCc4c(C5CC5)cnn4-c4c(Cl)cccc4Cl)cc3Cl)C2)c(F)c1. The summed E-state index contributed by atoms with van der Waals surface area (Å²) in [5.74, 6) is 0.427. The molecule has 2 aromatic carbocycles. The summed E-state index contributed by atoms with van der Waals surface area (Å²) in [4.78, 5) is 8.81. The fraction of sp³-hybridized carbons (Fsp3) is 0.250. The van der Waals surface area contributed by atoms with E-state index in [0.29, 0.717) is 38.0 Å². The molecule has 1 N–H and O–H groups in total. The number of para-hydroxylation sites is 1. The number of β-amino-alcohol motifs (C(OH)–C–C–N with tert-alkyl or cyclic N) is 1. The molecule has 2 aromatic heterocycles. The summed E-state index contributed by atoms with van der Waals surface area (Å²) in [5, 5.41) is 17.0. The van der Waals surface area contributed by atoms with Crippen molar-refractivity contribution < 1.29 is 14.2 Å². The summed E-state index contributed by atoms with van der Waals surface area (Å²) in [5.41, 5.74) is 1.92. The van der Waals surface area contributed by atoms with Gasteiger partial charge in [0.05, 0.1) is 46.6 Å². The summed E-state index contributed by atoms with van der Waals surface area (Å²) >= 11 is 19.5. The maximum Gasteiger partial charge on any atom is 0.208 e. The molecule has 11 heteroatoms. The summed E-state index contributed by atoms with van der Waals surface area (Å²) in [6.45, 7) is 7.42. The number of benzene rings is 2. The molecule has 1 aliphatic carbocycles. The summed E-state index contributed by atoms with van der Waals surface area (Å²) in [7, 11) is 0. The molecule has 7 nitrogen and oxygen atoms in total. The molecule has 198 valence electrons. The van der Waals surface area contributed by atoms with Gasteiger partial charge in [-0.15, -0.1) is 0 Å². The van der Waals surface area contributed by atoms with Gasteiger partial charge in [-0.2, -0.15) is 5.10 Å². The molecule has 1 aliphatic heterocycles. The number of hydrogen-bond donors (Lipinski definition) is 1. The van der Waals surface area contributed by atoms with Crippen LogP contribution >= 0.6 is 34.8 Å². The second kappa shape index (κ2) is 10.00. The third-order valence-electron chi connectivity index (χ3n) is 7.03. The van der Waals surface area contributed by atoms with Gasteiger partial charge in [0.2, 0.25) is 5.69 Å². The van der Waals surface area contributed by atoms with E-state index < -0.39 is 11.4 Å². The zero-order valence-electron chi connectivity index (χ0n) is 20.4. The molecular weight excluding hydrogens is 564 g/mol. The van der Waals surface area contributed by atoms with Gasteiger partial charge in [0.25, 0.3) is 0 Å². The van der Waals surface area contributed by atoms with Crippen molar-refractivity contribution in [1.82, 2.24) is 14.8 Å². The van der Waals surface area contributed by atoms with Crippen LogP contribution in [0.5, 0.6) is 5.75 Å². The summed E-state index contributed by atoms with van der Waals surface area (Å²) in [6, 6.07) is 11.6. The van der Waals surface area contributed by atoms with E-state index in [-0.39, 0.29) is 31.2 Å². The molecule has 6 rings (SSSR count).